The second-order valence-corrected chi connectivity index (χ2v) is 7.50. The first-order valence-electron chi connectivity index (χ1n) is 7.21. The fourth-order valence-electron chi connectivity index (χ4n) is 3.58. The van der Waals surface area contributed by atoms with Gasteiger partial charge in [-0.05, 0) is 57.6 Å². The summed E-state index contributed by atoms with van der Waals surface area (Å²) in [5.74, 6) is 1.13. The normalized spacial score (nSPS) is 26.1. The maximum atomic E-state index is 3.77. The third-order valence-corrected chi connectivity index (χ3v) is 5.76. The van der Waals surface area contributed by atoms with Crippen molar-refractivity contribution in [2.24, 2.45) is 5.92 Å². The Hall–Kier alpha value is -1.06. The van der Waals surface area contributed by atoms with Gasteiger partial charge in [-0.15, -0.1) is 0 Å². The summed E-state index contributed by atoms with van der Waals surface area (Å²) in [5, 5.41) is 3.77. The van der Waals surface area contributed by atoms with E-state index in [9.17, 15) is 0 Å². The highest BCUT2D eigenvalue weighted by atomic mass is 79.9. The first-order valence-corrected chi connectivity index (χ1v) is 8.80. The zero-order valence-corrected chi connectivity index (χ0v) is 14.6. The lowest BCUT2D eigenvalue weighted by atomic mass is 9.77. The van der Waals surface area contributed by atoms with E-state index in [1.165, 1.54) is 16.8 Å². The van der Waals surface area contributed by atoms with Gasteiger partial charge in [0.15, 0.2) is 0 Å². The average molecular weight is 405 g/mol. The van der Waals surface area contributed by atoms with Crippen LogP contribution in [0, 0.1) is 5.92 Å². The Bertz CT molecular complexity index is 706. The van der Waals surface area contributed by atoms with Gasteiger partial charge in [0.2, 0.25) is 0 Å². The van der Waals surface area contributed by atoms with E-state index < -0.39 is 0 Å². The Labute approximate surface area is 141 Å². The number of fused-ring (bicyclic) bond motifs is 3. The SMILES string of the molecule is Brc1ccc(C2Nc3c(Br)cccc3C3C=CCC32)cc1. The van der Waals surface area contributed by atoms with Gasteiger partial charge in [-0.25, -0.2) is 0 Å². The van der Waals surface area contributed by atoms with Crippen molar-refractivity contribution in [3.05, 3.63) is 74.7 Å². The van der Waals surface area contributed by atoms with E-state index in [1.807, 2.05) is 0 Å². The fraction of sp³-hybridized carbons (Fsp3) is 0.222. The Morgan fingerprint density at radius 2 is 1.81 bits per heavy atom. The first kappa shape index (κ1) is 13.6. The molecule has 4 rings (SSSR count). The molecular formula is C18H15Br2N. The van der Waals surface area contributed by atoms with Crippen molar-refractivity contribution < 1.29 is 0 Å². The van der Waals surface area contributed by atoms with Crippen molar-refractivity contribution in [2.75, 3.05) is 5.32 Å². The number of rotatable bonds is 1. The van der Waals surface area contributed by atoms with Crippen LogP contribution in [0.15, 0.2) is 63.6 Å². The van der Waals surface area contributed by atoms with Gasteiger partial charge < -0.3 is 5.32 Å². The standard InChI is InChI=1S/C18H15Br2N/c19-12-9-7-11(8-10-12)17-14-4-1-3-13(14)15-5-2-6-16(20)18(15)21-17/h1-3,5-10,13-14,17,21H,4H2. The first-order chi connectivity index (χ1) is 10.2. The van der Waals surface area contributed by atoms with Crippen molar-refractivity contribution >= 4 is 37.5 Å². The van der Waals surface area contributed by atoms with Crippen molar-refractivity contribution in [3.8, 4) is 0 Å². The molecule has 2 aromatic rings. The van der Waals surface area contributed by atoms with Crippen molar-refractivity contribution in [2.45, 2.75) is 18.4 Å². The van der Waals surface area contributed by atoms with E-state index in [4.69, 9.17) is 0 Å². The molecule has 21 heavy (non-hydrogen) atoms. The van der Waals surface area contributed by atoms with Gasteiger partial charge in [0, 0.05) is 14.9 Å². The molecule has 1 aliphatic heterocycles. The van der Waals surface area contributed by atoms with E-state index in [0.717, 1.165) is 15.4 Å². The molecule has 2 aliphatic rings. The molecular weight excluding hydrogens is 390 g/mol. The van der Waals surface area contributed by atoms with Crippen LogP contribution >= 0.6 is 31.9 Å². The van der Waals surface area contributed by atoms with Crippen LogP contribution in [0.25, 0.3) is 0 Å². The minimum atomic E-state index is 0.365. The summed E-state index contributed by atoms with van der Waals surface area (Å²) >= 11 is 7.22. The molecule has 0 spiro atoms. The van der Waals surface area contributed by atoms with Crippen LogP contribution in [-0.4, -0.2) is 0 Å². The van der Waals surface area contributed by atoms with Crippen LogP contribution in [0.1, 0.15) is 29.5 Å². The molecule has 1 nitrogen and oxygen atoms in total. The molecule has 106 valence electrons. The monoisotopic (exact) mass is 403 g/mol. The van der Waals surface area contributed by atoms with Gasteiger partial charge in [0.1, 0.15) is 0 Å². The van der Waals surface area contributed by atoms with E-state index >= 15 is 0 Å². The maximum absolute atomic E-state index is 3.77. The van der Waals surface area contributed by atoms with Gasteiger partial charge in [-0.3, -0.25) is 0 Å². The van der Waals surface area contributed by atoms with Crippen LogP contribution in [0.5, 0.6) is 0 Å². The summed E-state index contributed by atoms with van der Waals surface area (Å²) in [6, 6.07) is 15.6. The Morgan fingerprint density at radius 3 is 2.62 bits per heavy atom. The van der Waals surface area contributed by atoms with Gasteiger partial charge >= 0.3 is 0 Å². The summed E-state index contributed by atoms with van der Waals surface area (Å²) in [6.45, 7) is 0. The Balaban J connectivity index is 1.81. The molecule has 3 atom stereocenters. The largest absolute Gasteiger partial charge is 0.377 e. The van der Waals surface area contributed by atoms with Gasteiger partial charge in [0.05, 0.1) is 11.7 Å². The molecule has 1 aliphatic carbocycles. The number of benzene rings is 2. The number of anilines is 1. The van der Waals surface area contributed by atoms with Crippen molar-refractivity contribution in [1.29, 1.82) is 0 Å². The maximum Gasteiger partial charge on any atom is 0.0554 e. The molecule has 0 saturated carbocycles. The quantitative estimate of drug-likeness (QED) is 0.571. The molecule has 3 unspecified atom stereocenters. The lowest BCUT2D eigenvalue weighted by Gasteiger charge is -2.38. The summed E-state index contributed by atoms with van der Waals surface area (Å²) in [6.07, 6.45) is 5.85. The van der Waals surface area contributed by atoms with E-state index in [1.54, 1.807) is 0 Å². The number of hydrogen-bond donors (Lipinski definition) is 1. The second kappa shape index (κ2) is 5.29. The van der Waals surface area contributed by atoms with Crippen LogP contribution in [0.4, 0.5) is 5.69 Å². The predicted molar refractivity (Wildman–Crippen MR) is 94.6 cm³/mol. The number of allylic oxidation sites excluding steroid dienone is 2. The van der Waals surface area contributed by atoms with E-state index in [0.29, 0.717) is 17.9 Å². The molecule has 0 aromatic heterocycles. The number of para-hydroxylation sites is 1. The minimum Gasteiger partial charge on any atom is -0.377 e. The second-order valence-electron chi connectivity index (χ2n) is 5.73. The fourth-order valence-corrected chi connectivity index (χ4v) is 4.34. The van der Waals surface area contributed by atoms with E-state index in [-0.39, 0.29) is 0 Å². The van der Waals surface area contributed by atoms with Gasteiger partial charge in [0.25, 0.3) is 0 Å². The average Bonchev–Trinajstić information content (AvgIpc) is 2.98. The highest BCUT2D eigenvalue weighted by Gasteiger charge is 2.38. The zero-order valence-electron chi connectivity index (χ0n) is 11.4. The highest BCUT2D eigenvalue weighted by molar-refractivity contribution is 9.10. The zero-order chi connectivity index (χ0) is 14.4. The number of nitrogens with one attached hydrogen (secondary N) is 1. The number of hydrogen-bond acceptors (Lipinski definition) is 1. The van der Waals surface area contributed by atoms with Gasteiger partial charge in [-0.2, -0.15) is 0 Å². The molecule has 1 heterocycles. The lowest BCUT2D eigenvalue weighted by molar-refractivity contribution is 0.425. The molecule has 0 saturated heterocycles. The molecule has 0 bridgehead atoms. The third-order valence-electron chi connectivity index (χ3n) is 4.58. The van der Waals surface area contributed by atoms with Crippen LogP contribution < -0.4 is 5.32 Å². The molecule has 2 aromatic carbocycles. The smallest absolute Gasteiger partial charge is 0.0554 e. The number of halogens is 2. The van der Waals surface area contributed by atoms with E-state index in [2.05, 4.69) is 91.8 Å². The Kier molecular flexibility index (Phi) is 3.43. The lowest BCUT2D eigenvalue weighted by Crippen LogP contribution is -2.29. The topological polar surface area (TPSA) is 12.0 Å². The summed E-state index contributed by atoms with van der Waals surface area (Å²) in [7, 11) is 0. The minimum absolute atomic E-state index is 0.365. The summed E-state index contributed by atoms with van der Waals surface area (Å²) in [4.78, 5) is 0. The third kappa shape index (κ3) is 2.27. The van der Waals surface area contributed by atoms with Crippen LogP contribution in [0.3, 0.4) is 0 Å². The van der Waals surface area contributed by atoms with Crippen LogP contribution in [0.2, 0.25) is 0 Å². The molecule has 3 heteroatoms. The van der Waals surface area contributed by atoms with Crippen molar-refractivity contribution in [1.82, 2.24) is 0 Å². The van der Waals surface area contributed by atoms with Crippen molar-refractivity contribution in [3.63, 3.8) is 0 Å². The molecule has 1 N–H and O–H groups in total. The highest BCUT2D eigenvalue weighted by Crippen LogP contribution is 2.51. The predicted octanol–water partition coefficient (Wildman–Crippen LogP) is 6.04. The summed E-state index contributed by atoms with van der Waals surface area (Å²) in [5.41, 5.74) is 4.02. The Morgan fingerprint density at radius 1 is 1.00 bits per heavy atom. The van der Waals surface area contributed by atoms with Crippen LogP contribution in [-0.2, 0) is 0 Å². The molecule has 0 amide bonds. The molecule has 0 fully saturated rings. The summed E-state index contributed by atoms with van der Waals surface area (Å²) < 4.78 is 2.28. The van der Waals surface area contributed by atoms with Gasteiger partial charge in [-0.1, -0.05) is 52.3 Å². The molecule has 0 radical (unpaired) electrons.